The molecular weight excluding hydrogens is 224 g/mol. The molecule has 2 rings (SSSR count). The molecule has 3 heteroatoms. The summed E-state index contributed by atoms with van der Waals surface area (Å²) in [4.78, 5) is 2.64. The van der Waals surface area contributed by atoms with E-state index in [1.807, 2.05) is 0 Å². The standard InChI is InChI=1S/C15H30N2O/c1-13-9-17(11-14(2,3)18-13)12-15(10-16-4)7-5-6-8-15/h13,16H,5-12H2,1-4H3. The summed E-state index contributed by atoms with van der Waals surface area (Å²) in [5, 5.41) is 3.41. The first kappa shape index (κ1) is 14.3. The largest absolute Gasteiger partial charge is 0.370 e. The summed E-state index contributed by atoms with van der Waals surface area (Å²) in [5.41, 5.74) is 0.527. The van der Waals surface area contributed by atoms with Crippen molar-refractivity contribution in [3.63, 3.8) is 0 Å². The molecule has 18 heavy (non-hydrogen) atoms. The Morgan fingerprint density at radius 2 is 1.94 bits per heavy atom. The first-order valence-corrected chi connectivity index (χ1v) is 7.50. The van der Waals surface area contributed by atoms with Gasteiger partial charge >= 0.3 is 0 Å². The lowest BCUT2D eigenvalue weighted by molar-refractivity contribution is -0.134. The number of morpholine rings is 1. The number of rotatable bonds is 4. The summed E-state index contributed by atoms with van der Waals surface area (Å²) in [7, 11) is 2.09. The fraction of sp³-hybridized carbons (Fsp3) is 1.00. The quantitative estimate of drug-likeness (QED) is 0.833. The third-order valence-electron chi connectivity index (χ3n) is 4.41. The van der Waals surface area contributed by atoms with Crippen molar-refractivity contribution in [2.75, 3.05) is 33.2 Å². The van der Waals surface area contributed by atoms with Crippen molar-refractivity contribution >= 4 is 0 Å². The molecule has 0 amide bonds. The molecule has 0 aromatic rings. The van der Waals surface area contributed by atoms with Crippen LogP contribution >= 0.6 is 0 Å². The smallest absolute Gasteiger partial charge is 0.0757 e. The van der Waals surface area contributed by atoms with Gasteiger partial charge in [-0.1, -0.05) is 12.8 Å². The second-order valence-corrected chi connectivity index (χ2v) is 7.10. The predicted octanol–water partition coefficient (Wildman–Crippen LogP) is 2.27. The molecule has 0 aromatic heterocycles. The van der Waals surface area contributed by atoms with Crippen LogP contribution in [-0.4, -0.2) is 49.8 Å². The highest BCUT2D eigenvalue weighted by Gasteiger charge is 2.38. The summed E-state index contributed by atoms with van der Waals surface area (Å²) in [6.07, 6.45) is 5.96. The van der Waals surface area contributed by atoms with Crippen molar-refractivity contribution in [3.8, 4) is 0 Å². The molecule has 1 N–H and O–H groups in total. The molecular formula is C15H30N2O. The van der Waals surface area contributed by atoms with Gasteiger partial charge in [-0.15, -0.1) is 0 Å². The maximum absolute atomic E-state index is 6.00. The second kappa shape index (κ2) is 5.48. The lowest BCUT2D eigenvalue weighted by Crippen LogP contribution is -2.55. The molecule has 1 aliphatic heterocycles. The Bertz CT molecular complexity index is 272. The van der Waals surface area contributed by atoms with Gasteiger partial charge in [-0.2, -0.15) is 0 Å². The van der Waals surface area contributed by atoms with Crippen LogP contribution in [0.1, 0.15) is 46.5 Å². The maximum Gasteiger partial charge on any atom is 0.0757 e. The van der Waals surface area contributed by atoms with Gasteiger partial charge in [0, 0.05) is 26.2 Å². The van der Waals surface area contributed by atoms with E-state index in [1.165, 1.54) is 38.8 Å². The maximum atomic E-state index is 6.00. The molecule has 0 aromatic carbocycles. The number of hydrogen-bond acceptors (Lipinski definition) is 3. The zero-order valence-electron chi connectivity index (χ0n) is 12.6. The van der Waals surface area contributed by atoms with Gasteiger partial charge in [0.1, 0.15) is 0 Å². The summed E-state index contributed by atoms with van der Waals surface area (Å²) in [6, 6.07) is 0. The summed E-state index contributed by atoms with van der Waals surface area (Å²) in [6.45, 7) is 11.2. The molecule has 1 saturated heterocycles. The Kier molecular flexibility index (Phi) is 4.35. The van der Waals surface area contributed by atoms with Crippen LogP contribution in [0.4, 0.5) is 0 Å². The van der Waals surface area contributed by atoms with E-state index in [1.54, 1.807) is 0 Å². The monoisotopic (exact) mass is 254 g/mol. The van der Waals surface area contributed by atoms with E-state index < -0.39 is 0 Å². The van der Waals surface area contributed by atoms with Crippen molar-refractivity contribution in [1.29, 1.82) is 0 Å². The minimum atomic E-state index is 0.0110. The Balaban J connectivity index is 1.98. The van der Waals surface area contributed by atoms with Crippen LogP contribution in [0.25, 0.3) is 0 Å². The molecule has 2 aliphatic rings. The molecule has 3 nitrogen and oxygen atoms in total. The van der Waals surface area contributed by atoms with Crippen molar-refractivity contribution in [2.24, 2.45) is 5.41 Å². The van der Waals surface area contributed by atoms with Gasteiger partial charge < -0.3 is 10.1 Å². The summed E-state index contributed by atoms with van der Waals surface area (Å²) in [5.74, 6) is 0. The Labute approximate surface area is 112 Å². The minimum Gasteiger partial charge on any atom is -0.370 e. The van der Waals surface area contributed by atoms with Crippen LogP contribution in [0.2, 0.25) is 0 Å². The lowest BCUT2D eigenvalue weighted by Gasteiger charge is -2.45. The molecule has 0 radical (unpaired) electrons. The van der Waals surface area contributed by atoms with Crippen LogP contribution in [0, 0.1) is 5.41 Å². The average Bonchev–Trinajstić information content (AvgIpc) is 2.63. The molecule has 1 unspecified atom stereocenters. The van der Waals surface area contributed by atoms with E-state index in [4.69, 9.17) is 4.74 Å². The van der Waals surface area contributed by atoms with E-state index in [-0.39, 0.29) is 5.60 Å². The van der Waals surface area contributed by atoms with Crippen LogP contribution in [-0.2, 0) is 4.74 Å². The van der Waals surface area contributed by atoms with Crippen molar-refractivity contribution < 1.29 is 4.74 Å². The van der Waals surface area contributed by atoms with Gasteiger partial charge in [0.15, 0.2) is 0 Å². The zero-order valence-corrected chi connectivity index (χ0v) is 12.6. The lowest BCUT2D eigenvalue weighted by atomic mass is 9.84. The predicted molar refractivity (Wildman–Crippen MR) is 75.9 cm³/mol. The van der Waals surface area contributed by atoms with Gasteiger partial charge in [-0.05, 0) is 46.1 Å². The summed E-state index contributed by atoms with van der Waals surface area (Å²) >= 11 is 0. The van der Waals surface area contributed by atoms with Gasteiger partial charge in [-0.3, -0.25) is 4.90 Å². The van der Waals surface area contributed by atoms with Gasteiger partial charge in [-0.25, -0.2) is 0 Å². The zero-order chi connectivity index (χ0) is 13.2. The van der Waals surface area contributed by atoms with Crippen molar-refractivity contribution in [3.05, 3.63) is 0 Å². The van der Waals surface area contributed by atoms with Crippen LogP contribution in [0.5, 0.6) is 0 Å². The third-order valence-corrected chi connectivity index (χ3v) is 4.41. The molecule has 0 bridgehead atoms. The van der Waals surface area contributed by atoms with E-state index in [2.05, 4.69) is 38.0 Å². The third kappa shape index (κ3) is 3.46. The SMILES string of the molecule is CNCC1(CN2CC(C)OC(C)(C)C2)CCCC1. The van der Waals surface area contributed by atoms with Crippen molar-refractivity contribution in [2.45, 2.75) is 58.2 Å². The Morgan fingerprint density at radius 3 is 2.50 bits per heavy atom. The van der Waals surface area contributed by atoms with E-state index in [0.29, 0.717) is 11.5 Å². The van der Waals surface area contributed by atoms with Crippen LogP contribution in [0.3, 0.4) is 0 Å². The average molecular weight is 254 g/mol. The molecule has 1 saturated carbocycles. The van der Waals surface area contributed by atoms with Crippen molar-refractivity contribution in [1.82, 2.24) is 10.2 Å². The second-order valence-electron chi connectivity index (χ2n) is 7.10. The first-order chi connectivity index (χ1) is 8.45. The highest BCUT2D eigenvalue weighted by molar-refractivity contribution is 4.92. The molecule has 106 valence electrons. The van der Waals surface area contributed by atoms with Gasteiger partial charge in [0.25, 0.3) is 0 Å². The topological polar surface area (TPSA) is 24.5 Å². The number of nitrogens with zero attached hydrogens (tertiary/aromatic N) is 1. The number of hydrogen-bond donors (Lipinski definition) is 1. The fourth-order valence-electron chi connectivity index (χ4n) is 4.07. The van der Waals surface area contributed by atoms with E-state index >= 15 is 0 Å². The van der Waals surface area contributed by atoms with Crippen LogP contribution < -0.4 is 5.32 Å². The first-order valence-electron chi connectivity index (χ1n) is 7.50. The molecule has 2 fully saturated rings. The fourth-order valence-corrected chi connectivity index (χ4v) is 4.07. The van der Waals surface area contributed by atoms with E-state index in [0.717, 1.165) is 13.1 Å². The van der Waals surface area contributed by atoms with Gasteiger partial charge in [0.05, 0.1) is 11.7 Å². The van der Waals surface area contributed by atoms with E-state index in [9.17, 15) is 0 Å². The normalized spacial score (nSPS) is 31.7. The minimum absolute atomic E-state index is 0.0110. The number of nitrogens with one attached hydrogen (secondary N) is 1. The van der Waals surface area contributed by atoms with Crippen LogP contribution in [0.15, 0.2) is 0 Å². The van der Waals surface area contributed by atoms with Gasteiger partial charge in [0.2, 0.25) is 0 Å². The number of ether oxygens (including phenoxy) is 1. The molecule has 0 spiro atoms. The molecule has 1 heterocycles. The Hall–Kier alpha value is -0.120. The highest BCUT2D eigenvalue weighted by atomic mass is 16.5. The summed E-state index contributed by atoms with van der Waals surface area (Å²) < 4.78 is 6.00. The Morgan fingerprint density at radius 1 is 1.28 bits per heavy atom. The highest BCUT2D eigenvalue weighted by Crippen LogP contribution is 2.39. The molecule has 1 atom stereocenters. The molecule has 1 aliphatic carbocycles.